The largest absolute Gasteiger partial charge is 0.432 e. The molecule has 0 spiro atoms. The number of nitrogens with zero attached hydrogens (tertiary/aromatic N) is 2. The molecular weight excluding hydrogens is 238 g/mol. The van der Waals surface area contributed by atoms with Crippen molar-refractivity contribution in [2.75, 3.05) is 24.5 Å². The van der Waals surface area contributed by atoms with Gasteiger partial charge in [-0.2, -0.15) is 4.98 Å². The zero-order valence-corrected chi connectivity index (χ0v) is 13.1. The lowest BCUT2D eigenvalue weighted by atomic mass is 10.1. The summed E-state index contributed by atoms with van der Waals surface area (Å²) in [5.41, 5.74) is 0.987. The molecule has 110 valence electrons. The van der Waals surface area contributed by atoms with Crippen molar-refractivity contribution >= 4 is 6.01 Å². The number of hydrogen-bond acceptors (Lipinski definition) is 4. The van der Waals surface area contributed by atoms with E-state index in [-0.39, 0.29) is 0 Å². The highest BCUT2D eigenvalue weighted by Crippen LogP contribution is 2.17. The molecule has 0 atom stereocenters. The highest BCUT2D eigenvalue weighted by Gasteiger charge is 2.15. The van der Waals surface area contributed by atoms with E-state index in [2.05, 4.69) is 49.8 Å². The average molecular weight is 267 g/mol. The van der Waals surface area contributed by atoms with Crippen LogP contribution in [0.3, 0.4) is 0 Å². The fourth-order valence-corrected chi connectivity index (χ4v) is 2.03. The Morgan fingerprint density at radius 3 is 2.37 bits per heavy atom. The van der Waals surface area contributed by atoms with E-state index in [0.29, 0.717) is 11.8 Å². The minimum Gasteiger partial charge on any atom is -0.432 e. The van der Waals surface area contributed by atoms with Crippen molar-refractivity contribution in [2.45, 2.75) is 47.6 Å². The molecule has 0 bridgehead atoms. The van der Waals surface area contributed by atoms with Gasteiger partial charge in [-0.15, -0.1) is 0 Å². The summed E-state index contributed by atoms with van der Waals surface area (Å²) in [5, 5.41) is 3.34. The van der Waals surface area contributed by atoms with Gasteiger partial charge in [0.2, 0.25) is 0 Å². The van der Waals surface area contributed by atoms with Crippen molar-refractivity contribution in [3.8, 4) is 0 Å². The molecule has 0 amide bonds. The maximum atomic E-state index is 5.63. The van der Waals surface area contributed by atoms with Crippen LogP contribution in [0.5, 0.6) is 0 Å². The lowest BCUT2D eigenvalue weighted by molar-refractivity contribution is 0.480. The number of aromatic nitrogens is 1. The molecule has 4 heteroatoms. The van der Waals surface area contributed by atoms with Gasteiger partial charge in [0.25, 0.3) is 6.01 Å². The first-order valence-corrected chi connectivity index (χ1v) is 7.43. The molecule has 0 unspecified atom stereocenters. The fourth-order valence-electron chi connectivity index (χ4n) is 2.03. The van der Waals surface area contributed by atoms with Crippen LogP contribution >= 0.6 is 0 Å². The van der Waals surface area contributed by atoms with Crippen molar-refractivity contribution in [1.29, 1.82) is 0 Å². The van der Waals surface area contributed by atoms with Crippen LogP contribution in [0.4, 0.5) is 6.01 Å². The first-order chi connectivity index (χ1) is 9.02. The first kappa shape index (κ1) is 16.0. The standard InChI is InChI=1S/C15H29N3O/c1-6-7-16-8-14-11-19-15(17-14)18(9-12(2)3)10-13(4)5/h11-13,16H,6-10H2,1-5H3. The molecule has 0 aliphatic heterocycles. The minimum atomic E-state index is 0.604. The number of anilines is 1. The Hall–Kier alpha value is -1.03. The number of rotatable bonds is 9. The van der Waals surface area contributed by atoms with Gasteiger partial charge in [0.1, 0.15) is 6.26 Å². The van der Waals surface area contributed by atoms with Crippen LogP contribution in [0.1, 0.15) is 46.7 Å². The second-order valence-electron chi connectivity index (χ2n) is 5.99. The Morgan fingerprint density at radius 2 is 1.84 bits per heavy atom. The predicted molar refractivity (Wildman–Crippen MR) is 80.4 cm³/mol. The molecule has 0 saturated heterocycles. The maximum absolute atomic E-state index is 5.63. The van der Waals surface area contributed by atoms with Gasteiger partial charge in [0.15, 0.2) is 0 Å². The summed E-state index contributed by atoms with van der Waals surface area (Å²) in [7, 11) is 0. The molecule has 19 heavy (non-hydrogen) atoms. The lowest BCUT2D eigenvalue weighted by Gasteiger charge is -2.24. The summed E-state index contributed by atoms with van der Waals surface area (Å²) < 4.78 is 5.63. The molecule has 0 aliphatic carbocycles. The van der Waals surface area contributed by atoms with Crippen molar-refractivity contribution in [3.05, 3.63) is 12.0 Å². The third kappa shape index (κ3) is 6.10. The minimum absolute atomic E-state index is 0.604. The van der Waals surface area contributed by atoms with E-state index in [4.69, 9.17) is 4.42 Å². The zero-order chi connectivity index (χ0) is 14.3. The third-order valence-corrected chi connectivity index (χ3v) is 2.71. The van der Waals surface area contributed by atoms with Gasteiger partial charge in [-0.05, 0) is 24.8 Å². The predicted octanol–water partition coefficient (Wildman–Crippen LogP) is 3.29. The van der Waals surface area contributed by atoms with Gasteiger partial charge >= 0.3 is 0 Å². The second-order valence-corrected chi connectivity index (χ2v) is 5.99. The van der Waals surface area contributed by atoms with E-state index in [1.54, 1.807) is 6.26 Å². The summed E-state index contributed by atoms with van der Waals surface area (Å²) in [6.07, 6.45) is 2.91. The van der Waals surface area contributed by atoms with Crippen LogP contribution in [0.15, 0.2) is 10.7 Å². The van der Waals surface area contributed by atoms with Crippen LogP contribution in [0.2, 0.25) is 0 Å². The van der Waals surface area contributed by atoms with Gasteiger partial charge < -0.3 is 14.6 Å². The summed E-state index contributed by atoms with van der Waals surface area (Å²) in [5.74, 6) is 1.21. The SMILES string of the molecule is CCCNCc1coc(N(CC(C)C)CC(C)C)n1. The van der Waals surface area contributed by atoms with Gasteiger partial charge in [-0.3, -0.25) is 0 Å². The molecule has 1 rings (SSSR count). The molecule has 0 aromatic carbocycles. The smallest absolute Gasteiger partial charge is 0.297 e. The topological polar surface area (TPSA) is 41.3 Å². The highest BCUT2D eigenvalue weighted by molar-refractivity contribution is 5.27. The summed E-state index contributed by atoms with van der Waals surface area (Å²) >= 11 is 0. The Labute approximate surface area is 117 Å². The molecule has 4 nitrogen and oxygen atoms in total. The van der Waals surface area contributed by atoms with Crippen molar-refractivity contribution in [3.63, 3.8) is 0 Å². The van der Waals surface area contributed by atoms with Crippen molar-refractivity contribution in [2.24, 2.45) is 11.8 Å². The Balaban J connectivity index is 2.62. The van der Waals surface area contributed by atoms with E-state index < -0.39 is 0 Å². The summed E-state index contributed by atoms with van der Waals surface area (Å²) in [6, 6.07) is 0.760. The second kappa shape index (κ2) is 8.20. The number of hydrogen-bond donors (Lipinski definition) is 1. The van der Waals surface area contributed by atoms with Crippen LogP contribution in [0, 0.1) is 11.8 Å². The number of nitrogens with one attached hydrogen (secondary N) is 1. The maximum Gasteiger partial charge on any atom is 0.297 e. The van der Waals surface area contributed by atoms with Crippen molar-refractivity contribution < 1.29 is 4.42 Å². The molecule has 0 radical (unpaired) electrons. The molecular formula is C15H29N3O. The summed E-state index contributed by atoms with van der Waals surface area (Å²) in [6.45, 7) is 14.8. The van der Waals surface area contributed by atoms with E-state index >= 15 is 0 Å². The average Bonchev–Trinajstić information content (AvgIpc) is 2.76. The Kier molecular flexibility index (Phi) is 6.92. The molecule has 0 fully saturated rings. The van der Waals surface area contributed by atoms with Gasteiger partial charge in [-0.1, -0.05) is 34.6 Å². The van der Waals surface area contributed by atoms with Crippen LogP contribution in [-0.2, 0) is 6.54 Å². The molecule has 1 aromatic rings. The number of oxazole rings is 1. The zero-order valence-electron chi connectivity index (χ0n) is 13.1. The molecule has 1 aromatic heterocycles. The molecule has 1 heterocycles. The Morgan fingerprint density at radius 1 is 1.21 bits per heavy atom. The lowest BCUT2D eigenvalue weighted by Crippen LogP contribution is -2.31. The van der Waals surface area contributed by atoms with E-state index in [1.165, 1.54) is 0 Å². The van der Waals surface area contributed by atoms with E-state index in [0.717, 1.165) is 44.3 Å². The van der Waals surface area contributed by atoms with E-state index in [1.807, 2.05) is 0 Å². The molecule has 0 saturated carbocycles. The van der Waals surface area contributed by atoms with Crippen molar-refractivity contribution in [1.82, 2.24) is 10.3 Å². The van der Waals surface area contributed by atoms with Gasteiger partial charge in [0, 0.05) is 19.6 Å². The van der Waals surface area contributed by atoms with Crippen LogP contribution in [-0.4, -0.2) is 24.6 Å². The van der Waals surface area contributed by atoms with Crippen LogP contribution in [0.25, 0.3) is 0 Å². The van der Waals surface area contributed by atoms with E-state index in [9.17, 15) is 0 Å². The summed E-state index contributed by atoms with van der Waals surface area (Å²) in [4.78, 5) is 6.83. The van der Waals surface area contributed by atoms with Gasteiger partial charge in [0.05, 0.1) is 5.69 Å². The highest BCUT2D eigenvalue weighted by atomic mass is 16.4. The first-order valence-electron chi connectivity index (χ1n) is 7.43. The normalized spacial score (nSPS) is 11.5. The third-order valence-electron chi connectivity index (χ3n) is 2.71. The quantitative estimate of drug-likeness (QED) is 0.697. The molecule has 0 aliphatic rings. The fraction of sp³-hybridized carbons (Fsp3) is 0.800. The van der Waals surface area contributed by atoms with Crippen LogP contribution < -0.4 is 10.2 Å². The monoisotopic (exact) mass is 267 g/mol. The Bertz CT molecular complexity index is 337. The van der Waals surface area contributed by atoms with Gasteiger partial charge in [-0.25, -0.2) is 0 Å². The molecule has 1 N–H and O–H groups in total.